The lowest BCUT2D eigenvalue weighted by atomic mass is 10.2. The number of carbonyl (C=O) groups excluding carboxylic acids is 1. The third kappa shape index (κ3) is 3.30. The zero-order valence-electron chi connectivity index (χ0n) is 13.3. The normalized spacial score (nSPS) is 25.1. The van der Waals surface area contributed by atoms with Crippen molar-refractivity contribution in [3.05, 3.63) is 41.7 Å². The van der Waals surface area contributed by atoms with Gasteiger partial charge in [-0.2, -0.15) is 0 Å². The van der Waals surface area contributed by atoms with Crippen molar-refractivity contribution in [2.24, 2.45) is 11.6 Å². The Labute approximate surface area is 146 Å². The molecule has 0 saturated carbocycles. The van der Waals surface area contributed by atoms with E-state index in [4.69, 9.17) is 11.6 Å². The van der Waals surface area contributed by atoms with E-state index in [1.807, 2.05) is 0 Å². The molecule has 0 aliphatic carbocycles. The third-order valence-electron chi connectivity index (χ3n) is 4.54. The number of piperazine rings is 1. The summed E-state index contributed by atoms with van der Waals surface area (Å²) in [5.74, 6) is 2.96. The SMILES string of the molecule is N/C=C(\NN)C(=O)N1CC2CCC(C1)N2[S+]([O-])c1ccc(F)c(F)c1. The molecule has 10 heteroatoms. The van der Waals surface area contributed by atoms with E-state index in [2.05, 4.69) is 5.43 Å². The van der Waals surface area contributed by atoms with Crippen molar-refractivity contribution in [3.8, 4) is 0 Å². The molecule has 2 saturated heterocycles. The number of nitrogens with one attached hydrogen (secondary N) is 1. The molecule has 5 N–H and O–H groups in total. The van der Waals surface area contributed by atoms with E-state index >= 15 is 0 Å². The van der Waals surface area contributed by atoms with Gasteiger partial charge in [0.05, 0.1) is 23.4 Å². The average Bonchev–Trinajstić information content (AvgIpc) is 2.87. The van der Waals surface area contributed by atoms with Gasteiger partial charge in [0.1, 0.15) is 5.70 Å². The Balaban J connectivity index is 1.76. The predicted octanol–water partition coefficient (Wildman–Crippen LogP) is -0.0740. The third-order valence-corrected chi connectivity index (χ3v) is 6.18. The summed E-state index contributed by atoms with van der Waals surface area (Å²) >= 11 is -1.62. The fourth-order valence-corrected chi connectivity index (χ4v) is 4.88. The largest absolute Gasteiger partial charge is 0.593 e. The van der Waals surface area contributed by atoms with Gasteiger partial charge < -0.3 is 20.6 Å². The Morgan fingerprint density at radius 2 is 1.92 bits per heavy atom. The number of hydrogen-bond donors (Lipinski definition) is 3. The zero-order valence-corrected chi connectivity index (χ0v) is 14.1. The van der Waals surface area contributed by atoms with Crippen LogP contribution in [0, 0.1) is 11.6 Å². The first-order chi connectivity index (χ1) is 12.0. The van der Waals surface area contributed by atoms with Crippen molar-refractivity contribution < 1.29 is 18.1 Å². The van der Waals surface area contributed by atoms with Crippen molar-refractivity contribution >= 4 is 17.3 Å². The summed E-state index contributed by atoms with van der Waals surface area (Å²) in [6.07, 6.45) is 2.64. The van der Waals surface area contributed by atoms with Crippen LogP contribution in [-0.2, 0) is 16.2 Å². The zero-order chi connectivity index (χ0) is 18.1. The first-order valence-electron chi connectivity index (χ1n) is 7.79. The minimum absolute atomic E-state index is 0.0922. The van der Waals surface area contributed by atoms with Crippen LogP contribution in [0.1, 0.15) is 12.8 Å². The molecule has 0 radical (unpaired) electrons. The average molecular weight is 371 g/mol. The second-order valence-corrected chi connectivity index (χ2v) is 7.40. The van der Waals surface area contributed by atoms with Gasteiger partial charge in [0.15, 0.2) is 16.5 Å². The lowest BCUT2D eigenvalue weighted by molar-refractivity contribution is -0.129. The van der Waals surface area contributed by atoms with E-state index in [-0.39, 0.29) is 28.6 Å². The number of hydrazine groups is 1. The standard InChI is InChI=1S/C15H19F2N5O2S/c16-12-4-3-11(5-13(12)17)25(24)22-9-1-2-10(22)8-21(7-9)15(23)14(6-18)20-19/h3-6,9-10,20H,1-2,7-8,18-19H2/b14-6-. The van der Waals surface area contributed by atoms with Crippen LogP contribution in [0.2, 0.25) is 0 Å². The summed E-state index contributed by atoms with van der Waals surface area (Å²) in [6, 6.07) is 2.98. The lowest BCUT2D eigenvalue weighted by Gasteiger charge is -2.39. The van der Waals surface area contributed by atoms with Crippen LogP contribution in [0.25, 0.3) is 0 Å². The Bertz CT molecular complexity index is 690. The summed E-state index contributed by atoms with van der Waals surface area (Å²) in [5, 5.41) is 0. The van der Waals surface area contributed by atoms with Gasteiger partial charge in [0.25, 0.3) is 5.91 Å². The van der Waals surface area contributed by atoms with Gasteiger partial charge >= 0.3 is 0 Å². The monoisotopic (exact) mass is 371 g/mol. The summed E-state index contributed by atoms with van der Waals surface area (Å²) in [6.45, 7) is 0.730. The molecule has 136 valence electrons. The van der Waals surface area contributed by atoms with Crippen molar-refractivity contribution in [1.29, 1.82) is 0 Å². The molecule has 2 fully saturated rings. The number of amides is 1. The maximum absolute atomic E-state index is 13.4. The van der Waals surface area contributed by atoms with E-state index in [1.165, 1.54) is 6.07 Å². The molecule has 0 aromatic heterocycles. The molecule has 2 bridgehead atoms. The van der Waals surface area contributed by atoms with Gasteiger partial charge in [-0.05, 0) is 25.0 Å². The van der Waals surface area contributed by atoms with Gasteiger partial charge in [-0.25, -0.2) is 8.78 Å². The summed E-state index contributed by atoms with van der Waals surface area (Å²) < 4.78 is 41.1. The van der Waals surface area contributed by atoms with E-state index in [1.54, 1.807) is 9.21 Å². The number of likely N-dealkylation sites (tertiary alicyclic amines) is 1. The Morgan fingerprint density at radius 1 is 1.28 bits per heavy atom. The number of hydrogen-bond acceptors (Lipinski definition) is 6. The molecule has 7 nitrogen and oxygen atoms in total. The minimum Gasteiger partial charge on any atom is -0.593 e. The van der Waals surface area contributed by atoms with Crippen LogP contribution in [0.15, 0.2) is 35.0 Å². The highest BCUT2D eigenvalue weighted by Crippen LogP contribution is 2.35. The van der Waals surface area contributed by atoms with Gasteiger partial charge in [-0.3, -0.25) is 10.6 Å². The summed E-state index contributed by atoms with van der Waals surface area (Å²) in [5.41, 5.74) is 7.73. The van der Waals surface area contributed by atoms with Crippen molar-refractivity contribution in [1.82, 2.24) is 14.6 Å². The topological polar surface area (TPSA) is 111 Å². The number of nitrogens with two attached hydrogens (primary N) is 2. The van der Waals surface area contributed by atoms with E-state index in [9.17, 15) is 18.1 Å². The molecule has 0 spiro atoms. The van der Waals surface area contributed by atoms with Gasteiger partial charge in [0, 0.05) is 25.4 Å². The highest BCUT2D eigenvalue weighted by Gasteiger charge is 2.48. The Morgan fingerprint density at radius 3 is 2.44 bits per heavy atom. The maximum atomic E-state index is 13.4. The molecule has 2 heterocycles. The minimum atomic E-state index is -1.62. The fraction of sp³-hybridized carbons (Fsp3) is 0.400. The Kier molecular flexibility index (Phi) is 5.13. The number of nitrogens with zero attached hydrogens (tertiary/aromatic N) is 2. The molecule has 1 amide bonds. The van der Waals surface area contributed by atoms with Crippen LogP contribution >= 0.6 is 0 Å². The second kappa shape index (κ2) is 7.16. The number of halogens is 2. The maximum Gasteiger partial charge on any atom is 0.272 e. The highest BCUT2D eigenvalue weighted by molar-refractivity contribution is 7.89. The lowest BCUT2D eigenvalue weighted by Crippen LogP contribution is -2.57. The first-order valence-corrected chi connectivity index (χ1v) is 8.90. The fourth-order valence-electron chi connectivity index (χ4n) is 3.36. The smallest absolute Gasteiger partial charge is 0.272 e. The van der Waals surface area contributed by atoms with Crippen LogP contribution in [0.5, 0.6) is 0 Å². The van der Waals surface area contributed by atoms with Gasteiger partial charge in [-0.15, -0.1) is 4.31 Å². The number of benzene rings is 1. The van der Waals surface area contributed by atoms with E-state index in [0.29, 0.717) is 13.1 Å². The molecule has 3 unspecified atom stereocenters. The van der Waals surface area contributed by atoms with Crippen LogP contribution < -0.4 is 17.0 Å². The van der Waals surface area contributed by atoms with Gasteiger partial charge in [-0.1, -0.05) is 0 Å². The predicted molar refractivity (Wildman–Crippen MR) is 87.6 cm³/mol. The van der Waals surface area contributed by atoms with Crippen molar-refractivity contribution in [2.45, 2.75) is 29.8 Å². The number of fused-ring (bicyclic) bond motifs is 2. The first kappa shape index (κ1) is 17.9. The van der Waals surface area contributed by atoms with Gasteiger partial charge in [0.2, 0.25) is 0 Å². The second-order valence-electron chi connectivity index (χ2n) is 6.00. The molecule has 2 aliphatic heterocycles. The van der Waals surface area contributed by atoms with Crippen LogP contribution in [0.3, 0.4) is 0 Å². The molecule has 1 aromatic carbocycles. The van der Waals surface area contributed by atoms with E-state index < -0.39 is 23.0 Å². The molecular weight excluding hydrogens is 352 g/mol. The van der Waals surface area contributed by atoms with Crippen LogP contribution in [-0.4, -0.2) is 44.8 Å². The van der Waals surface area contributed by atoms with E-state index in [0.717, 1.165) is 31.2 Å². The summed E-state index contributed by atoms with van der Waals surface area (Å²) in [7, 11) is 0. The quantitative estimate of drug-likeness (QED) is 0.296. The van der Waals surface area contributed by atoms with Crippen molar-refractivity contribution in [2.75, 3.05) is 13.1 Å². The molecule has 3 atom stereocenters. The molecule has 25 heavy (non-hydrogen) atoms. The molecule has 2 aliphatic rings. The highest BCUT2D eigenvalue weighted by atomic mass is 32.2. The molecule has 3 rings (SSSR count). The molecule has 1 aromatic rings. The molecular formula is C15H19F2N5O2S. The number of carbonyl (C=O) groups is 1. The number of rotatable bonds is 4. The van der Waals surface area contributed by atoms with Crippen LogP contribution in [0.4, 0.5) is 8.78 Å². The summed E-state index contributed by atoms with van der Waals surface area (Å²) in [4.78, 5) is 14.2. The Hall–Kier alpha value is -1.88. The van der Waals surface area contributed by atoms with Crippen molar-refractivity contribution in [3.63, 3.8) is 0 Å².